The highest BCUT2D eigenvalue weighted by Crippen LogP contribution is 2.22. The maximum absolute atomic E-state index is 5.80. The van der Waals surface area contributed by atoms with Crippen LogP contribution in [0.1, 0.15) is 11.4 Å². The van der Waals surface area contributed by atoms with Gasteiger partial charge in [-0.05, 0) is 33.6 Å². The van der Waals surface area contributed by atoms with Gasteiger partial charge in [0.15, 0.2) is 0 Å². The van der Waals surface area contributed by atoms with Gasteiger partial charge in [0.25, 0.3) is 0 Å². The second kappa shape index (κ2) is 4.74. The van der Waals surface area contributed by atoms with E-state index in [4.69, 9.17) is 5.73 Å². The highest BCUT2D eigenvalue weighted by atomic mass is 79.9. The Bertz CT molecular complexity index is 564. The largest absolute Gasteiger partial charge is 0.398 e. The first-order valence-corrected chi connectivity index (χ1v) is 6.78. The van der Waals surface area contributed by atoms with Crippen molar-refractivity contribution in [3.8, 4) is 0 Å². The van der Waals surface area contributed by atoms with Crippen LogP contribution in [0.2, 0.25) is 0 Å². The molecule has 0 radical (unpaired) electrons. The highest BCUT2D eigenvalue weighted by molar-refractivity contribution is 9.10. The molecule has 1 aliphatic heterocycles. The summed E-state index contributed by atoms with van der Waals surface area (Å²) in [6, 6.07) is 6.13. The molecular formula is C13H15BrN4. The highest BCUT2D eigenvalue weighted by Gasteiger charge is 2.16. The normalized spacial score (nSPS) is 15.6. The number of fused-ring (bicyclic) bond motifs is 1. The lowest BCUT2D eigenvalue weighted by Gasteiger charge is -2.27. The third kappa shape index (κ3) is 2.28. The van der Waals surface area contributed by atoms with E-state index in [1.54, 1.807) is 0 Å². The van der Waals surface area contributed by atoms with Gasteiger partial charge in [0.1, 0.15) is 5.82 Å². The van der Waals surface area contributed by atoms with Crippen LogP contribution in [0.5, 0.6) is 0 Å². The van der Waals surface area contributed by atoms with Gasteiger partial charge in [-0.15, -0.1) is 0 Å². The molecule has 3 rings (SSSR count). The van der Waals surface area contributed by atoms with Crippen LogP contribution in [-0.2, 0) is 19.6 Å². The topological polar surface area (TPSA) is 47.1 Å². The number of halogens is 1. The van der Waals surface area contributed by atoms with E-state index in [-0.39, 0.29) is 0 Å². The molecule has 0 amide bonds. The van der Waals surface area contributed by atoms with Crippen LogP contribution in [0.25, 0.3) is 0 Å². The maximum Gasteiger partial charge on any atom is 0.122 e. The van der Waals surface area contributed by atoms with Crippen molar-refractivity contribution in [2.75, 3.05) is 12.3 Å². The molecule has 94 valence electrons. The molecule has 0 saturated carbocycles. The van der Waals surface area contributed by atoms with Crippen molar-refractivity contribution >= 4 is 21.6 Å². The molecule has 0 atom stereocenters. The van der Waals surface area contributed by atoms with E-state index in [0.29, 0.717) is 0 Å². The van der Waals surface area contributed by atoms with Crippen molar-refractivity contribution < 1.29 is 0 Å². The Morgan fingerprint density at radius 1 is 1.33 bits per heavy atom. The van der Waals surface area contributed by atoms with Gasteiger partial charge in [-0.25, -0.2) is 4.98 Å². The summed E-state index contributed by atoms with van der Waals surface area (Å²) in [5.74, 6) is 1.15. The van der Waals surface area contributed by atoms with Crippen molar-refractivity contribution in [2.45, 2.75) is 19.6 Å². The number of nitrogens with zero attached hydrogens (tertiary/aromatic N) is 3. The predicted molar refractivity (Wildman–Crippen MR) is 74.9 cm³/mol. The van der Waals surface area contributed by atoms with Gasteiger partial charge in [0, 0.05) is 42.2 Å². The van der Waals surface area contributed by atoms with Gasteiger partial charge in [-0.1, -0.05) is 6.07 Å². The van der Waals surface area contributed by atoms with E-state index in [9.17, 15) is 0 Å². The molecule has 1 aliphatic rings. The summed E-state index contributed by atoms with van der Waals surface area (Å²) in [5, 5.41) is 0. The van der Waals surface area contributed by atoms with E-state index >= 15 is 0 Å². The third-order valence-corrected chi connectivity index (χ3v) is 3.98. The first-order valence-electron chi connectivity index (χ1n) is 5.98. The summed E-state index contributed by atoms with van der Waals surface area (Å²) in [7, 11) is 0. The number of aromatic nitrogens is 2. The van der Waals surface area contributed by atoms with E-state index in [0.717, 1.165) is 42.2 Å². The molecule has 2 aromatic rings. The van der Waals surface area contributed by atoms with Crippen molar-refractivity contribution in [1.82, 2.24) is 14.5 Å². The predicted octanol–water partition coefficient (Wildman–Crippen LogP) is 2.24. The Balaban J connectivity index is 1.72. The van der Waals surface area contributed by atoms with Crippen molar-refractivity contribution in [1.29, 1.82) is 0 Å². The van der Waals surface area contributed by atoms with E-state index in [1.807, 2.05) is 18.5 Å². The van der Waals surface area contributed by atoms with Crippen LogP contribution >= 0.6 is 15.9 Å². The number of anilines is 1. The fraction of sp³-hybridized carbons (Fsp3) is 0.308. The van der Waals surface area contributed by atoms with Gasteiger partial charge in [0.2, 0.25) is 0 Å². The van der Waals surface area contributed by atoms with Crippen LogP contribution in [0.3, 0.4) is 0 Å². The molecule has 0 fully saturated rings. The molecule has 0 saturated heterocycles. The minimum atomic E-state index is 0.785. The zero-order chi connectivity index (χ0) is 12.5. The Hall–Kier alpha value is -1.33. The number of nitrogen functional groups attached to an aromatic ring is 1. The fourth-order valence-corrected chi connectivity index (χ4v) is 2.71. The van der Waals surface area contributed by atoms with Gasteiger partial charge < -0.3 is 10.3 Å². The first-order chi connectivity index (χ1) is 8.72. The lowest BCUT2D eigenvalue weighted by molar-refractivity contribution is 0.209. The molecule has 0 aliphatic carbocycles. The molecule has 2 N–H and O–H groups in total. The smallest absolute Gasteiger partial charge is 0.122 e. The second-order valence-electron chi connectivity index (χ2n) is 4.60. The summed E-state index contributed by atoms with van der Waals surface area (Å²) in [5.41, 5.74) is 7.86. The number of hydrogen-bond acceptors (Lipinski definition) is 3. The van der Waals surface area contributed by atoms with E-state index < -0.39 is 0 Å². The van der Waals surface area contributed by atoms with Gasteiger partial charge in [-0.2, -0.15) is 0 Å². The zero-order valence-electron chi connectivity index (χ0n) is 10.0. The number of rotatable bonds is 2. The average molecular weight is 307 g/mol. The van der Waals surface area contributed by atoms with Crippen LogP contribution in [0, 0.1) is 0 Å². The summed E-state index contributed by atoms with van der Waals surface area (Å²) in [6.45, 7) is 3.93. The number of nitrogens with two attached hydrogens (primary N) is 1. The van der Waals surface area contributed by atoms with E-state index in [1.165, 1.54) is 5.56 Å². The molecule has 2 heterocycles. The van der Waals surface area contributed by atoms with Crippen molar-refractivity contribution in [3.63, 3.8) is 0 Å². The first kappa shape index (κ1) is 11.7. The number of imidazole rings is 1. The van der Waals surface area contributed by atoms with Crippen LogP contribution in [0.15, 0.2) is 35.1 Å². The monoisotopic (exact) mass is 306 g/mol. The van der Waals surface area contributed by atoms with Crippen LogP contribution < -0.4 is 5.73 Å². The lowest BCUT2D eigenvalue weighted by atomic mass is 10.2. The number of hydrogen-bond donors (Lipinski definition) is 1. The summed E-state index contributed by atoms with van der Waals surface area (Å²) >= 11 is 3.47. The molecule has 1 aromatic heterocycles. The van der Waals surface area contributed by atoms with Crippen molar-refractivity contribution in [2.24, 2.45) is 0 Å². The van der Waals surface area contributed by atoms with Crippen molar-refractivity contribution in [3.05, 3.63) is 46.5 Å². The Kier molecular flexibility index (Phi) is 3.09. The Labute approximate surface area is 115 Å². The molecular weight excluding hydrogens is 292 g/mol. The fourth-order valence-electron chi connectivity index (χ4n) is 2.29. The quantitative estimate of drug-likeness (QED) is 0.866. The SMILES string of the molecule is Nc1ccc(CN2CCn3ccnc3C2)cc1Br. The average Bonchev–Trinajstić information content (AvgIpc) is 2.81. The standard InChI is InChI=1S/C13H15BrN4/c14-11-7-10(1-2-12(11)15)8-17-5-6-18-4-3-16-13(18)9-17/h1-4,7H,5-6,8-9,15H2. The molecule has 1 aromatic carbocycles. The van der Waals surface area contributed by atoms with Gasteiger partial charge in [-0.3, -0.25) is 4.90 Å². The Morgan fingerprint density at radius 2 is 2.22 bits per heavy atom. The van der Waals surface area contributed by atoms with Gasteiger partial charge >= 0.3 is 0 Å². The maximum atomic E-state index is 5.80. The molecule has 4 nitrogen and oxygen atoms in total. The zero-order valence-corrected chi connectivity index (χ0v) is 11.6. The third-order valence-electron chi connectivity index (χ3n) is 3.29. The minimum absolute atomic E-state index is 0.785. The number of benzene rings is 1. The summed E-state index contributed by atoms with van der Waals surface area (Å²) in [6.07, 6.45) is 3.92. The molecule has 0 unspecified atom stereocenters. The van der Waals surface area contributed by atoms with Gasteiger partial charge in [0.05, 0.1) is 6.54 Å². The van der Waals surface area contributed by atoms with Crippen LogP contribution in [0.4, 0.5) is 5.69 Å². The molecule has 18 heavy (non-hydrogen) atoms. The van der Waals surface area contributed by atoms with Crippen LogP contribution in [-0.4, -0.2) is 21.0 Å². The summed E-state index contributed by atoms with van der Waals surface area (Å²) < 4.78 is 3.19. The minimum Gasteiger partial charge on any atom is -0.398 e. The summed E-state index contributed by atoms with van der Waals surface area (Å²) in [4.78, 5) is 6.78. The molecule has 5 heteroatoms. The molecule has 0 bridgehead atoms. The lowest BCUT2D eigenvalue weighted by Crippen LogP contribution is -2.33. The Morgan fingerprint density at radius 3 is 3.06 bits per heavy atom. The molecule has 0 spiro atoms. The second-order valence-corrected chi connectivity index (χ2v) is 5.46. The van der Waals surface area contributed by atoms with E-state index in [2.05, 4.69) is 42.5 Å².